The fourth-order valence-electron chi connectivity index (χ4n) is 3.16. The molecule has 2 aromatic heterocycles. The molecule has 2 heterocycles. The van der Waals surface area contributed by atoms with Crippen LogP contribution in [0.1, 0.15) is 28.9 Å². The lowest BCUT2D eigenvalue weighted by Gasteiger charge is -2.18. The molecule has 31 heavy (non-hydrogen) atoms. The van der Waals surface area contributed by atoms with E-state index in [2.05, 4.69) is 15.3 Å². The smallest absolute Gasteiger partial charge is 0.335 e. The molecule has 0 spiro atoms. The Morgan fingerprint density at radius 3 is 2.65 bits per heavy atom. The number of aromatic nitrogens is 2. The van der Waals surface area contributed by atoms with Crippen LogP contribution in [0.4, 0.5) is 10.2 Å². The summed E-state index contributed by atoms with van der Waals surface area (Å²) in [6.45, 7) is 1.91. The van der Waals surface area contributed by atoms with E-state index in [1.54, 1.807) is 54.7 Å². The van der Waals surface area contributed by atoms with Crippen molar-refractivity contribution in [1.29, 1.82) is 0 Å². The van der Waals surface area contributed by atoms with Crippen molar-refractivity contribution in [3.63, 3.8) is 0 Å². The Morgan fingerprint density at radius 2 is 1.94 bits per heavy atom. The van der Waals surface area contributed by atoms with Gasteiger partial charge in [-0.3, -0.25) is 0 Å². The Morgan fingerprint density at radius 1 is 1.16 bits per heavy atom. The number of hydrogen-bond acceptors (Lipinski definition) is 5. The van der Waals surface area contributed by atoms with Gasteiger partial charge in [0.25, 0.3) is 0 Å². The maximum absolute atomic E-state index is 13.6. The van der Waals surface area contributed by atoms with E-state index in [0.29, 0.717) is 17.0 Å². The molecule has 0 bridgehead atoms. The molecule has 2 aromatic carbocycles. The molecule has 0 fully saturated rings. The van der Waals surface area contributed by atoms with E-state index < -0.39 is 11.8 Å². The highest BCUT2D eigenvalue weighted by Crippen LogP contribution is 2.35. The van der Waals surface area contributed by atoms with Crippen LogP contribution in [0.3, 0.4) is 0 Å². The van der Waals surface area contributed by atoms with Crippen molar-refractivity contribution >= 4 is 34.2 Å². The summed E-state index contributed by atoms with van der Waals surface area (Å²) in [7, 11) is 0. The molecular weight excluding hydrogens is 421 g/mol. The van der Waals surface area contributed by atoms with Crippen LogP contribution in [0.2, 0.25) is 5.15 Å². The van der Waals surface area contributed by atoms with Crippen LogP contribution in [-0.4, -0.2) is 21.0 Å². The van der Waals surface area contributed by atoms with Crippen molar-refractivity contribution in [2.45, 2.75) is 13.0 Å². The minimum atomic E-state index is -0.986. The molecule has 6 nitrogen and oxygen atoms in total. The minimum Gasteiger partial charge on any atom is -0.478 e. The van der Waals surface area contributed by atoms with Crippen LogP contribution in [0.15, 0.2) is 66.9 Å². The topological polar surface area (TPSA) is 84.3 Å². The number of aromatic carboxylic acids is 1. The van der Waals surface area contributed by atoms with Gasteiger partial charge in [-0.25, -0.2) is 19.2 Å². The number of fused-ring (bicyclic) bond motifs is 1. The van der Waals surface area contributed by atoms with Gasteiger partial charge in [0.05, 0.1) is 10.9 Å². The van der Waals surface area contributed by atoms with Crippen molar-refractivity contribution < 1.29 is 19.0 Å². The van der Waals surface area contributed by atoms with Crippen molar-refractivity contribution in [2.75, 3.05) is 5.32 Å². The van der Waals surface area contributed by atoms with Gasteiger partial charge >= 0.3 is 5.97 Å². The van der Waals surface area contributed by atoms with E-state index in [4.69, 9.17) is 21.4 Å². The number of carboxylic acids is 1. The maximum atomic E-state index is 13.6. The molecule has 4 aromatic rings. The Bertz CT molecular complexity index is 1260. The van der Waals surface area contributed by atoms with Gasteiger partial charge in [0.15, 0.2) is 0 Å². The van der Waals surface area contributed by atoms with Crippen molar-refractivity contribution in [3.8, 4) is 11.6 Å². The van der Waals surface area contributed by atoms with E-state index in [1.165, 1.54) is 12.1 Å². The highest BCUT2D eigenvalue weighted by Gasteiger charge is 2.16. The number of anilines is 1. The number of carboxylic acid groups (broad SMARTS) is 1. The molecule has 0 aliphatic carbocycles. The van der Waals surface area contributed by atoms with E-state index in [1.807, 2.05) is 6.92 Å². The summed E-state index contributed by atoms with van der Waals surface area (Å²) in [6.07, 6.45) is 1.57. The molecule has 8 heteroatoms. The Hall–Kier alpha value is -3.71. The summed E-state index contributed by atoms with van der Waals surface area (Å²) in [5, 5.41) is 14.0. The van der Waals surface area contributed by atoms with Gasteiger partial charge in [-0.05, 0) is 54.3 Å². The lowest BCUT2D eigenvalue weighted by atomic mass is 10.1. The van der Waals surface area contributed by atoms with E-state index in [-0.39, 0.29) is 22.6 Å². The molecule has 0 saturated carbocycles. The van der Waals surface area contributed by atoms with Crippen molar-refractivity contribution in [1.82, 2.24) is 9.97 Å². The second kappa shape index (κ2) is 8.57. The quantitative estimate of drug-likeness (QED) is 0.355. The van der Waals surface area contributed by atoms with Gasteiger partial charge < -0.3 is 15.2 Å². The van der Waals surface area contributed by atoms with Crippen molar-refractivity contribution in [3.05, 3.63) is 89.0 Å². The molecule has 0 aliphatic heterocycles. The summed E-state index contributed by atoms with van der Waals surface area (Å²) in [6, 6.07) is 15.6. The second-order valence-corrected chi connectivity index (χ2v) is 7.25. The number of rotatable bonds is 6. The molecule has 4 rings (SSSR count). The van der Waals surface area contributed by atoms with Gasteiger partial charge in [-0.1, -0.05) is 29.8 Å². The van der Waals surface area contributed by atoms with Gasteiger partial charge in [-0.2, -0.15) is 0 Å². The number of ether oxygens (including phenoxy) is 1. The standard InChI is InChI=1S/C23H17ClFN3O3/c1-13(14-5-7-15(8-6-14)23(29)30)27-21-20-16(11-19(24)28-21)9-10-26-22(20)31-18-4-2-3-17(25)12-18/h2-13H,1H3,(H,27,28)(H,29,30)/t13-/m0/s1. The summed E-state index contributed by atoms with van der Waals surface area (Å²) in [5.74, 6) is -0.409. The van der Waals surface area contributed by atoms with Crippen LogP contribution in [0.25, 0.3) is 10.8 Å². The first-order valence-corrected chi connectivity index (χ1v) is 9.77. The SMILES string of the molecule is C[C@H](Nc1nc(Cl)cc2ccnc(Oc3cccc(F)c3)c12)c1ccc(C(=O)O)cc1. The molecule has 0 amide bonds. The number of benzene rings is 2. The summed E-state index contributed by atoms with van der Waals surface area (Å²) in [5.41, 5.74) is 1.06. The molecule has 2 N–H and O–H groups in total. The normalized spacial score (nSPS) is 11.8. The van der Waals surface area contributed by atoms with Gasteiger partial charge in [0.2, 0.25) is 5.88 Å². The van der Waals surface area contributed by atoms with Crippen molar-refractivity contribution in [2.24, 2.45) is 0 Å². The van der Waals surface area contributed by atoms with Gasteiger partial charge in [0, 0.05) is 18.3 Å². The molecule has 0 saturated heterocycles. The fraction of sp³-hybridized carbons (Fsp3) is 0.0870. The highest BCUT2D eigenvalue weighted by atomic mass is 35.5. The number of nitrogens with zero attached hydrogens (tertiary/aromatic N) is 2. The zero-order valence-electron chi connectivity index (χ0n) is 16.3. The highest BCUT2D eigenvalue weighted by molar-refractivity contribution is 6.30. The van der Waals surface area contributed by atoms with E-state index in [0.717, 1.165) is 10.9 Å². The molecule has 0 aliphatic rings. The first-order valence-electron chi connectivity index (χ1n) is 9.39. The van der Waals surface area contributed by atoms with Crippen LogP contribution >= 0.6 is 11.6 Å². The predicted octanol–water partition coefficient (Wildman–Crippen LogP) is 6.09. The monoisotopic (exact) mass is 437 g/mol. The molecular formula is C23H17ClFN3O3. The molecule has 1 atom stereocenters. The Kier molecular flexibility index (Phi) is 5.68. The summed E-state index contributed by atoms with van der Waals surface area (Å²) < 4.78 is 19.4. The first kappa shape index (κ1) is 20.6. The number of carbonyl (C=O) groups is 1. The number of nitrogens with one attached hydrogen (secondary N) is 1. The van der Waals surface area contributed by atoms with Crippen LogP contribution in [0.5, 0.6) is 11.6 Å². The van der Waals surface area contributed by atoms with Crippen LogP contribution in [0, 0.1) is 5.82 Å². The number of halogens is 2. The van der Waals surface area contributed by atoms with Gasteiger partial charge in [0.1, 0.15) is 22.5 Å². The lowest BCUT2D eigenvalue weighted by Crippen LogP contribution is -2.09. The lowest BCUT2D eigenvalue weighted by molar-refractivity contribution is 0.0697. The largest absolute Gasteiger partial charge is 0.478 e. The summed E-state index contributed by atoms with van der Waals surface area (Å²) >= 11 is 6.22. The third kappa shape index (κ3) is 4.57. The van der Waals surface area contributed by atoms with Crippen LogP contribution in [-0.2, 0) is 0 Å². The second-order valence-electron chi connectivity index (χ2n) is 6.86. The number of hydrogen-bond donors (Lipinski definition) is 2. The van der Waals surface area contributed by atoms with E-state index in [9.17, 15) is 9.18 Å². The minimum absolute atomic E-state index is 0.206. The van der Waals surface area contributed by atoms with Crippen LogP contribution < -0.4 is 10.1 Å². The average molecular weight is 438 g/mol. The third-order valence-electron chi connectivity index (χ3n) is 4.70. The van der Waals surface area contributed by atoms with Gasteiger partial charge in [-0.15, -0.1) is 0 Å². The van der Waals surface area contributed by atoms with E-state index >= 15 is 0 Å². The predicted molar refractivity (Wildman–Crippen MR) is 116 cm³/mol. The summed E-state index contributed by atoms with van der Waals surface area (Å²) in [4.78, 5) is 19.8. The maximum Gasteiger partial charge on any atom is 0.335 e. The average Bonchev–Trinajstić information content (AvgIpc) is 2.73. The fourth-order valence-corrected chi connectivity index (χ4v) is 3.37. The Labute approximate surface area is 182 Å². The molecule has 0 unspecified atom stereocenters. The third-order valence-corrected chi connectivity index (χ3v) is 4.89. The number of pyridine rings is 2. The Balaban J connectivity index is 1.71. The zero-order valence-corrected chi connectivity index (χ0v) is 17.1. The first-order chi connectivity index (χ1) is 14.9. The molecule has 156 valence electrons. The zero-order chi connectivity index (χ0) is 22.0. The molecule has 0 radical (unpaired) electrons.